The first-order chi connectivity index (χ1) is 9.61. The van der Waals surface area contributed by atoms with E-state index >= 15 is 0 Å². The SMILES string of the molecule is Cc1cc(-c2nc3c(Br)cccn3c2CN)ccc1Cl. The fraction of sp³-hybridized carbons (Fsp3) is 0.133. The first kappa shape index (κ1) is 13.6. The van der Waals surface area contributed by atoms with Crippen LogP contribution in [-0.2, 0) is 6.54 Å². The Balaban J connectivity index is 2.30. The van der Waals surface area contributed by atoms with Crippen LogP contribution in [0.1, 0.15) is 11.3 Å². The summed E-state index contributed by atoms with van der Waals surface area (Å²) in [6.45, 7) is 2.41. The summed E-state index contributed by atoms with van der Waals surface area (Å²) in [4.78, 5) is 4.72. The van der Waals surface area contributed by atoms with E-state index in [1.807, 2.05) is 47.9 Å². The van der Waals surface area contributed by atoms with Crippen molar-refractivity contribution in [3.63, 3.8) is 0 Å². The van der Waals surface area contributed by atoms with Gasteiger partial charge in [0.05, 0.1) is 15.9 Å². The summed E-state index contributed by atoms with van der Waals surface area (Å²) in [5.74, 6) is 0. The van der Waals surface area contributed by atoms with Crippen molar-refractivity contribution in [1.82, 2.24) is 9.38 Å². The average molecular weight is 351 g/mol. The van der Waals surface area contributed by atoms with Gasteiger partial charge in [-0.2, -0.15) is 0 Å². The lowest BCUT2D eigenvalue weighted by Gasteiger charge is -2.04. The largest absolute Gasteiger partial charge is 0.325 e. The van der Waals surface area contributed by atoms with Gasteiger partial charge in [-0.05, 0) is 52.7 Å². The third-order valence-corrected chi connectivity index (χ3v) is 4.37. The molecule has 2 aromatic heterocycles. The van der Waals surface area contributed by atoms with E-state index in [0.29, 0.717) is 6.54 Å². The first-order valence-corrected chi connectivity index (χ1v) is 7.41. The molecule has 0 atom stereocenters. The number of benzene rings is 1. The van der Waals surface area contributed by atoms with Crippen molar-refractivity contribution in [1.29, 1.82) is 0 Å². The van der Waals surface area contributed by atoms with Gasteiger partial charge in [0.25, 0.3) is 0 Å². The van der Waals surface area contributed by atoms with E-state index < -0.39 is 0 Å². The summed E-state index contributed by atoms with van der Waals surface area (Å²) >= 11 is 9.61. The Hall–Kier alpha value is -1.36. The van der Waals surface area contributed by atoms with Gasteiger partial charge in [0, 0.05) is 23.3 Å². The summed E-state index contributed by atoms with van der Waals surface area (Å²) in [7, 11) is 0. The number of hydrogen-bond donors (Lipinski definition) is 1. The second-order valence-electron chi connectivity index (χ2n) is 4.62. The number of fused-ring (bicyclic) bond motifs is 1. The van der Waals surface area contributed by atoms with Gasteiger partial charge in [-0.1, -0.05) is 17.7 Å². The normalized spacial score (nSPS) is 11.2. The lowest BCUT2D eigenvalue weighted by Crippen LogP contribution is -2.02. The van der Waals surface area contributed by atoms with Gasteiger partial charge in [-0.25, -0.2) is 4.98 Å². The van der Waals surface area contributed by atoms with Crippen molar-refractivity contribution in [3.8, 4) is 11.3 Å². The highest BCUT2D eigenvalue weighted by molar-refractivity contribution is 9.10. The lowest BCUT2D eigenvalue weighted by atomic mass is 10.1. The van der Waals surface area contributed by atoms with E-state index in [9.17, 15) is 0 Å². The number of pyridine rings is 1. The standard InChI is InChI=1S/C15H13BrClN3/c1-9-7-10(4-5-12(9)17)14-13(8-18)20-6-2-3-11(16)15(20)19-14/h2-7H,8,18H2,1H3. The van der Waals surface area contributed by atoms with Crippen molar-refractivity contribution in [3.05, 3.63) is 57.3 Å². The maximum Gasteiger partial charge on any atom is 0.152 e. The van der Waals surface area contributed by atoms with Gasteiger partial charge >= 0.3 is 0 Å². The maximum atomic E-state index is 6.09. The molecular formula is C15H13BrClN3. The Morgan fingerprint density at radius 2 is 2.15 bits per heavy atom. The van der Waals surface area contributed by atoms with Gasteiger partial charge in [0.2, 0.25) is 0 Å². The third-order valence-electron chi connectivity index (χ3n) is 3.33. The molecule has 2 N–H and O–H groups in total. The monoisotopic (exact) mass is 349 g/mol. The van der Waals surface area contributed by atoms with Gasteiger partial charge in [-0.3, -0.25) is 0 Å². The van der Waals surface area contributed by atoms with Crippen LogP contribution in [0, 0.1) is 6.92 Å². The van der Waals surface area contributed by atoms with E-state index in [4.69, 9.17) is 22.3 Å². The number of nitrogens with zero attached hydrogens (tertiary/aromatic N) is 2. The molecule has 3 rings (SSSR count). The molecule has 0 aliphatic carbocycles. The molecule has 0 amide bonds. The van der Waals surface area contributed by atoms with E-state index in [1.165, 1.54) is 0 Å². The van der Waals surface area contributed by atoms with Crippen LogP contribution < -0.4 is 5.73 Å². The van der Waals surface area contributed by atoms with Gasteiger partial charge < -0.3 is 10.1 Å². The van der Waals surface area contributed by atoms with E-state index in [-0.39, 0.29) is 0 Å². The molecule has 0 unspecified atom stereocenters. The molecular weight excluding hydrogens is 338 g/mol. The number of aryl methyl sites for hydroxylation is 1. The van der Waals surface area contributed by atoms with Gasteiger partial charge in [0.15, 0.2) is 5.65 Å². The van der Waals surface area contributed by atoms with Crippen molar-refractivity contribution in [2.75, 3.05) is 0 Å². The van der Waals surface area contributed by atoms with E-state index in [0.717, 1.165) is 37.7 Å². The van der Waals surface area contributed by atoms with Crippen LogP contribution in [0.3, 0.4) is 0 Å². The Kier molecular flexibility index (Phi) is 3.54. The maximum absolute atomic E-state index is 6.09. The fourth-order valence-corrected chi connectivity index (χ4v) is 2.85. The number of nitrogens with two attached hydrogens (primary N) is 1. The molecule has 0 bridgehead atoms. The van der Waals surface area contributed by atoms with Gasteiger partial charge in [-0.15, -0.1) is 0 Å². The van der Waals surface area contributed by atoms with Crippen LogP contribution in [-0.4, -0.2) is 9.38 Å². The van der Waals surface area contributed by atoms with Crippen LogP contribution in [0.5, 0.6) is 0 Å². The number of halogens is 2. The molecule has 0 radical (unpaired) electrons. The molecule has 20 heavy (non-hydrogen) atoms. The number of hydrogen-bond acceptors (Lipinski definition) is 2. The highest BCUT2D eigenvalue weighted by Crippen LogP contribution is 2.29. The van der Waals surface area contributed by atoms with Crippen molar-refractivity contribution < 1.29 is 0 Å². The topological polar surface area (TPSA) is 43.3 Å². The van der Waals surface area contributed by atoms with Crippen LogP contribution in [0.25, 0.3) is 16.9 Å². The van der Waals surface area contributed by atoms with Gasteiger partial charge in [0.1, 0.15) is 0 Å². The lowest BCUT2D eigenvalue weighted by molar-refractivity contribution is 0.960. The number of rotatable bonds is 2. The molecule has 0 spiro atoms. The second-order valence-corrected chi connectivity index (χ2v) is 5.89. The van der Waals surface area contributed by atoms with Crippen LogP contribution in [0.4, 0.5) is 0 Å². The molecule has 2 heterocycles. The predicted octanol–water partition coefficient (Wildman–Crippen LogP) is 4.18. The highest BCUT2D eigenvalue weighted by atomic mass is 79.9. The summed E-state index contributed by atoms with van der Waals surface area (Å²) in [6, 6.07) is 9.85. The zero-order valence-electron chi connectivity index (χ0n) is 10.9. The highest BCUT2D eigenvalue weighted by Gasteiger charge is 2.14. The molecule has 0 fully saturated rings. The van der Waals surface area contributed by atoms with Crippen LogP contribution in [0.2, 0.25) is 5.02 Å². The summed E-state index contributed by atoms with van der Waals surface area (Å²) in [5, 5.41) is 0.757. The average Bonchev–Trinajstić information content (AvgIpc) is 2.82. The van der Waals surface area contributed by atoms with Crippen LogP contribution >= 0.6 is 27.5 Å². The Morgan fingerprint density at radius 3 is 2.85 bits per heavy atom. The molecule has 3 nitrogen and oxygen atoms in total. The molecule has 0 saturated carbocycles. The molecule has 1 aromatic carbocycles. The zero-order valence-corrected chi connectivity index (χ0v) is 13.2. The smallest absolute Gasteiger partial charge is 0.152 e. The second kappa shape index (κ2) is 5.20. The predicted molar refractivity (Wildman–Crippen MR) is 86.0 cm³/mol. The summed E-state index contributed by atoms with van der Waals surface area (Å²) in [6.07, 6.45) is 1.97. The number of aromatic nitrogens is 2. The minimum atomic E-state index is 0.425. The Morgan fingerprint density at radius 1 is 1.35 bits per heavy atom. The fourth-order valence-electron chi connectivity index (χ4n) is 2.30. The first-order valence-electron chi connectivity index (χ1n) is 6.24. The van der Waals surface area contributed by atoms with Crippen LogP contribution in [0.15, 0.2) is 41.0 Å². The quantitative estimate of drug-likeness (QED) is 0.753. The molecule has 5 heteroatoms. The minimum Gasteiger partial charge on any atom is -0.325 e. The third kappa shape index (κ3) is 2.14. The minimum absolute atomic E-state index is 0.425. The van der Waals surface area contributed by atoms with E-state index in [1.54, 1.807) is 0 Å². The summed E-state index contributed by atoms with van der Waals surface area (Å²) in [5.41, 5.74) is 10.7. The molecule has 0 aliphatic heterocycles. The summed E-state index contributed by atoms with van der Waals surface area (Å²) < 4.78 is 2.97. The molecule has 102 valence electrons. The molecule has 0 aliphatic rings. The zero-order chi connectivity index (χ0) is 14.3. The molecule has 3 aromatic rings. The Labute approximate surface area is 130 Å². The molecule has 0 saturated heterocycles. The van der Waals surface area contributed by atoms with E-state index in [2.05, 4.69) is 15.9 Å². The number of imidazole rings is 1. The van der Waals surface area contributed by atoms with Crippen molar-refractivity contribution in [2.24, 2.45) is 5.73 Å². The Bertz CT molecular complexity index is 795. The van der Waals surface area contributed by atoms with Crippen molar-refractivity contribution >= 4 is 33.2 Å². The van der Waals surface area contributed by atoms with Crippen molar-refractivity contribution in [2.45, 2.75) is 13.5 Å².